The Labute approximate surface area is 218 Å². The van der Waals surface area contributed by atoms with E-state index in [4.69, 9.17) is 5.21 Å². The van der Waals surface area contributed by atoms with Crippen LogP contribution in [0.4, 0.5) is 5.69 Å². The molecule has 8 nitrogen and oxygen atoms in total. The van der Waals surface area contributed by atoms with Gasteiger partial charge >= 0.3 is 0 Å². The number of rotatable bonds is 10. The van der Waals surface area contributed by atoms with Gasteiger partial charge in [0.2, 0.25) is 0 Å². The third-order valence-electron chi connectivity index (χ3n) is 5.69. The molecule has 1 amide bonds. The molecular weight excluding hydrogens is 517 g/mol. The molecule has 2 heterocycles. The summed E-state index contributed by atoms with van der Waals surface area (Å²) < 4.78 is 27.6. The SMILES string of the molecule is Cc1ccc(N(C)S(=O)(=O)c2cccs2)c2[nH]c(C(=O)NCC(/C=N\O)SCc3ccccc3)cc12. The molecule has 11 heteroatoms. The Kier molecular flexibility index (Phi) is 8.02. The van der Waals surface area contributed by atoms with E-state index in [1.807, 2.05) is 43.3 Å². The van der Waals surface area contributed by atoms with Crippen molar-refractivity contribution in [3.05, 3.63) is 82.9 Å². The fourth-order valence-electron chi connectivity index (χ4n) is 3.70. The molecule has 0 aliphatic heterocycles. The van der Waals surface area contributed by atoms with Crippen molar-refractivity contribution >= 4 is 61.8 Å². The molecule has 2 aromatic carbocycles. The Morgan fingerprint density at radius 3 is 2.69 bits per heavy atom. The summed E-state index contributed by atoms with van der Waals surface area (Å²) in [5, 5.41) is 17.3. The molecule has 1 unspecified atom stereocenters. The van der Waals surface area contributed by atoms with Gasteiger partial charge in [-0.25, -0.2) is 8.42 Å². The van der Waals surface area contributed by atoms with Crippen molar-refractivity contribution in [3.63, 3.8) is 0 Å². The maximum atomic E-state index is 13.1. The first-order valence-electron chi connectivity index (χ1n) is 11.1. The van der Waals surface area contributed by atoms with Crippen molar-refractivity contribution in [1.29, 1.82) is 0 Å². The third-order valence-corrected chi connectivity index (χ3v) is 10.0. The molecule has 36 heavy (non-hydrogen) atoms. The highest BCUT2D eigenvalue weighted by Crippen LogP contribution is 2.33. The van der Waals surface area contributed by atoms with E-state index in [1.165, 1.54) is 17.6 Å². The predicted octanol–water partition coefficient (Wildman–Crippen LogP) is 4.85. The van der Waals surface area contributed by atoms with Crippen LogP contribution in [0, 0.1) is 6.92 Å². The van der Waals surface area contributed by atoms with Crippen LogP contribution in [0.1, 0.15) is 21.6 Å². The minimum Gasteiger partial charge on any atom is -0.411 e. The number of benzene rings is 2. The van der Waals surface area contributed by atoms with E-state index in [0.29, 0.717) is 22.7 Å². The van der Waals surface area contributed by atoms with E-state index in [0.717, 1.165) is 27.8 Å². The van der Waals surface area contributed by atoms with Crippen molar-refractivity contribution in [2.45, 2.75) is 22.1 Å². The molecule has 188 valence electrons. The van der Waals surface area contributed by atoms with Crippen molar-refractivity contribution in [2.75, 3.05) is 17.9 Å². The zero-order chi connectivity index (χ0) is 25.7. The fourth-order valence-corrected chi connectivity index (χ4v) is 7.01. The summed E-state index contributed by atoms with van der Waals surface area (Å²) in [7, 11) is -2.23. The molecule has 4 rings (SSSR count). The smallest absolute Gasteiger partial charge is 0.273 e. The summed E-state index contributed by atoms with van der Waals surface area (Å²) in [6.07, 6.45) is 1.39. The first kappa shape index (κ1) is 25.8. The molecular formula is C25H26N4O4S3. The zero-order valence-corrected chi connectivity index (χ0v) is 22.2. The molecule has 0 saturated heterocycles. The van der Waals surface area contributed by atoms with Gasteiger partial charge in [-0.05, 0) is 41.6 Å². The predicted molar refractivity (Wildman–Crippen MR) is 147 cm³/mol. The molecule has 4 aromatic rings. The molecule has 0 spiro atoms. The number of fused-ring (bicyclic) bond motifs is 1. The van der Waals surface area contributed by atoms with Gasteiger partial charge in [0, 0.05) is 24.7 Å². The number of H-pyrrole nitrogens is 1. The Bertz CT molecular complexity index is 1470. The van der Waals surface area contributed by atoms with Gasteiger partial charge in [-0.2, -0.15) is 0 Å². The number of nitrogens with zero attached hydrogens (tertiary/aromatic N) is 2. The number of sulfonamides is 1. The van der Waals surface area contributed by atoms with E-state index >= 15 is 0 Å². The molecule has 1 atom stereocenters. The summed E-state index contributed by atoms with van der Waals surface area (Å²) in [6.45, 7) is 2.16. The number of aryl methyl sites for hydroxylation is 1. The van der Waals surface area contributed by atoms with Gasteiger partial charge in [0.25, 0.3) is 15.9 Å². The van der Waals surface area contributed by atoms with Crippen LogP contribution in [0.5, 0.6) is 0 Å². The third kappa shape index (κ3) is 5.58. The molecule has 0 bridgehead atoms. The van der Waals surface area contributed by atoms with Gasteiger partial charge in [0.1, 0.15) is 9.90 Å². The molecule has 0 aliphatic rings. The van der Waals surface area contributed by atoms with E-state index in [2.05, 4.69) is 15.5 Å². The normalized spacial score (nSPS) is 12.7. The Hall–Kier alpha value is -3.28. The number of thiophene rings is 1. The number of hydrogen-bond acceptors (Lipinski definition) is 7. The lowest BCUT2D eigenvalue weighted by molar-refractivity contribution is 0.0951. The van der Waals surface area contributed by atoms with Crippen molar-refractivity contribution in [1.82, 2.24) is 10.3 Å². The number of oxime groups is 1. The average molecular weight is 543 g/mol. The second-order valence-electron chi connectivity index (χ2n) is 8.09. The Morgan fingerprint density at radius 2 is 2.00 bits per heavy atom. The van der Waals surface area contributed by atoms with Gasteiger partial charge in [0.05, 0.1) is 22.7 Å². The van der Waals surface area contributed by atoms with Gasteiger partial charge in [0.15, 0.2) is 0 Å². The van der Waals surface area contributed by atoms with Gasteiger partial charge in [-0.3, -0.25) is 9.10 Å². The molecule has 2 aromatic heterocycles. The highest BCUT2D eigenvalue weighted by molar-refractivity contribution is 7.99. The van der Waals surface area contributed by atoms with E-state index < -0.39 is 10.0 Å². The van der Waals surface area contributed by atoms with Crippen LogP contribution in [0.2, 0.25) is 0 Å². The van der Waals surface area contributed by atoms with Gasteiger partial charge in [-0.1, -0.05) is 42.5 Å². The number of anilines is 1. The van der Waals surface area contributed by atoms with Gasteiger partial charge < -0.3 is 15.5 Å². The second kappa shape index (κ2) is 11.2. The molecule has 0 aliphatic carbocycles. The van der Waals surface area contributed by atoms with Crippen LogP contribution in [0.3, 0.4) is 0 Å². The average Bonchev–Trinajstić information content (AvgIpc) is 3.58. The lowest BCUT2D eigenvalue weighted by atomic mass is 10.1. The van der Waals surface area contributed by atoms with Crippen LogP contribution in [0.25, 0.3) is 10.9 Å². The minimum absolute atomic E-state index is 0.233. The highest BCUT2D eigenvalue weighted by Gasteiger charge is 2.25. The number of carbonyl (C=O) groups is 1. The molecule has 0 fully saturated rings. The van der Waals surface area contributed by atoms with Crippen molar-refractivity contribution in [2.24, 2.45) is 5.16 Å². The Morgan fingerprint density at radius 1 is 1.22 bits per heavy atom. The van der Waals surface area contributed by atoms with Crippen LogP contribution >= 0.6 is 23.1 Å². The summed E-state index contributed by atoms with van der Waals surface area (Å²) in [5.74, 6) is 0.366. The lowest BCUT2D eigenvalue weighted by Gasteiger charge is -2.19. The number of carbonyl (C=O) groups excluding carboxylic acids is 1. The van der Waals surface area contributed by atoms with Crippen LogP contribution in [-0.4, -0.2) is 49.6 Å². The molecule has 0 saturated carbocycles. The van der Waals surface area contributed by atoms with Crippen LogP contribution in [0.15, 0.2) is 75.4 Å². The number of amides is 1. The monoisotopic (exact) mass is 542 g/mol. The summed E-state index contributed by atoms with van der Waals surface area (Å²) in [4.78, 5) is 16.1. The first-order valence-corrected chi connectivity index (χ1v) is 14.4. The molecule has 3 N–H and O–H groups in total. The topological polar surface area (TPSA) is 115 Å². The number of aromatic nitrogens is 1. The second-order valence-corrected chi connectivity index (χ2v) is 12.5. The van der Waals surface area contributed by atoms with Crippen LogP contribution in [-0.2, 0) is 15.8 Å². The minimum atomic E-state index is -3.73. The van der Waals surface area contributed by atoms with E-state index in [9.17, 15) is 13.2 Å². The van der Waals surface area contributed by atoms with Crippen molar-refractivity contribution < 1.29 is 18.4 Å². The molecule has 0 radical (unpaired) electrons. The number of hydrogen-bond donors (Lipinski definition) is 3. The number of nitrogens with one attached hydrogen (secondary N) is 2. The maximum absolute atomic E-state index is 13.1. The highest BCUT2D eigenvalue weighted by atomic mass is 32.2. The standard InChI is InChI=1S/C25H26N4O4S3/c1-17-10-11-22(29(2)36(32,33)23-9-6-12-34-23)24-20(17)13-21(28-24)25(30)26-14-19(15-27-31)35-16-18-7-4-3-5-8-18/h3-13,15,19,28,31H,14,16H2,1-2H3,(H,26,30)/b27-15-. The van der Waals surface area contributed by atoms with E-state index in [-0.39, 0.29) is 21.9 Å². The number of aromatic amines is 1. The fraction of sp³-hybridized carbons (Fsp3) is 0.200. The largest absolute Gasteiger partial charge is 0.411 e. The lowest BCUT2D eigenvalue weighted by Crippen LogP contribution is -2.31. The van der Waals surface area contributed by atoms with Crippen LogP contribution < -0.4 is 9.62 Å². The zero-order valence-electron chi connectivity index (χ0n) is 19.7. The Balaban J connectivity index is 1.52. The summed E-state index contributed by atoms with van der Waals surface area (Å²) in [6, 6.07) is 18.4. The maximum Gasteiger partial charge on any atom is 0.273 e. The van der Waals surface area contributed by atoms with Crippen molar-refractivity contribution in [3.8, 4) is 0 Å². The number of thioether (sulfide) groups is 1. The van der Waals surface area contributed by atoms with E-state index in [1.54, 1.807) is 41.4 Å². The summed E-state index contributed by atoms with van der Waals surface area (Å²) >= 11 is 2.70. The van der Waals surface area contributed by atoms with Gasteiger partial charge in [-0.15, -0.1) is 28.3 Å². The summed E-state index contributed by atoms with van der Waals surface area (Å²) in [5.41, 5.74) is 3.37. The quantitative estimate of drug-likeness (QED) is 0.150. The first-order chi connectivity index (χ1) is 17.3.